The van der Waals surface area contributed by atoms with Gasteiger partial charge in [-0.15, -0.1) is 0 Å². The summed E-state index contributed by atoms with van der Waals surface area (Å²) < 4.78 is 0. The zero-order valence-electron chi connectivity index (χ0n) is 8.95. The third kappa shape index (κ3) is 37.1. The molecule has 0 saturated carbocycles. The molecule has 0 nitrogen and oxygen atoms in total. The van der Waals surface area contributed by atoms with Crippen LogP contribution in [0.15, 0.2) is 0 Å². The fourth-order valence-corrected chi connectivity index (χ4v) is 0.500. The van der Waals surface area contributed by atoms with E-state index < -0.39 is 0 Å². The van der Waals surface area contributed by atoms with Crippen molar-refractivity contribution in [3.63, 3.8) is 0 Å². The number of hydrogen-bond acceptors (Lipinski definition) is 0. The molecule has 11 heavy (non-hydrogen) atoms. The normalized spacial score (nSPS) is 7.64. The molecule has 0 atom stereocenters. The predicted octanol–water partition coefficient (Wildman–Crippen LogP) is 3.83. The Morgan fingerprint density at radius 1 is 0.818 bits per heavy atom. The molecule has 2 radical (unpaired) electrons. The van der Waals surface area contributed by atoms with Crippen molar-refractivity contribution in [1.29, 1.82) is 0 Å². The molecule has 0 saturated heterocycles. The maximum Gasteiger partial charge on any atom is 0 e. The van der Waals surface area contributed by atoms with E-state index >= 15 is 0 Å². The molecule has 0 aliphatic carbocycles. The second-order valence-corrected chi connectivity index (χ2v) is 2.56. The Morgan fingerprint density at radius 2 is 1.09 bits per heavy atom. The monoisotopic (exact) mass is 150 g/mol. The summed E-state index contributed by atoms with van der Waals surface area (Å²) >= 11 is 0. The molecule has 1 heteroatoms. The zero-order valence-corrected chi connectivity index (χ0v) is 8.95. The maximum absolute atomic E-state index is 3.60. The Bertz CT molecular complexity index is 29.9. The van der Waals surface area contributed by atoms with Crippen molar-refractivity contribution in [2.75, 3.05) is 0 Å². The van der Waals surface area contributed by atoms with E-state index in [-0.39, 0.29) is 18.9 Å². The van der Waals surface area contributed by atoms with Crippen molar-refractivity contribution in [2.24, 2.45) is 0 Å². The smallest absolute Gasteiger partial charge is 0 e. The van der Waals surface area contributed by atoms with Crippen molar-refractivity contribution in [3.8, 4) is 0 Å². The molecule has 0 aromatic carbocycles. The summed E-state index contributed by atoms with van der Waals surface area (Å²) in [4.78, 5) is 0. The molecule has 0 aliphatic heterocycles. The van der Waals surface area contributed by atoms with Gasteiger partial charge < -0.3 is 0 Å². The first-order chi connectivity index (χ1) is 4.83. The molecular formula is C10H23Li. The summed E-state index contributed by atoms with van der Waals surface area (Å²) in [5.74, 6) is 0. The Hall–Kier alpha value is 0.597. The Kier molecular flexibility index (Phi) is 35.9. The first-order valence-corrected chi connectivity index (χ1v) is 4.62. The molecule has 0 aromatic heterocycles. The molecule has 0 N–H and O–H groups in total. The molecule has 0 fully saturated rings. The van der Waals surface area contributed by atoms with Crippen molar-refractivity contribution in [2.45, 2.75) is 59.3 Å². The van der Waals surface area contributed by atoms with Crippen LogP contribution in [0.25, 0.3) is 0 Å². The van der Waals surface area contributed by atoms with E-state index in [1.807, 2.05) is 0 Å². The molecule has 64 valence electrons. The largest absolute Gasteiger partial charge is 0.0654 e. The van der Waals surface area contributed by atoms with Gasteiger partial charge in [0.15, 0.2) is 0 Å². The van der Waals surface area contributed by atoms with Crippen LogP contribution in [0.5, 0.6) is 0 Å². The number of unbranched alkanes of at least 4 members (excludes halogenated alkanes) is 4. The minimum absolute atomic E-state index is 0. The summed E-state index contributed by atoms with van der Waals surface area (Å²) in [6.45, 7) is 10.2. The molecule has 0 aliphatic rings. The van der Waals surface area contributed by atoms with Gasteiger partial charge in [0.1, 0.15) is 0 Å². The fraction of sp³-hybridized carbons (Fsp3) is 0.900. The van der Waals surface area contributed by atoms with Gasteiger partial charge in [-0.2, -0.15) is 0 Å². The molecule has 0 rings (SSSR count). The van der Waals surface area contributed by atoms with Crippen molar-refractivity contribution < 1.29 is 0 Å². The van der Waals surface area contributed by atoms with Gasteiger partial charge >= 0.3 is 0 Å². The van der Waals surface area contributed by atoms with Crippen molar-refractivity contribution >= 4 is 18.9 Å². The minimum Gasteiger partial charge on any atom is -0.0654 e. The second kappa shape index (κ2) is 22.4. The van der Waals surface area contributed by atoms with Gasteiger partial charge in [-0.05, 0) is 0 Å². The van der Waals surface area contributed by atoms with E-state index in [2.05, 4.69) is 27.7 Å². The Balaban J connectivity index is -0.000000114. The first-order valence-electron chi connectivity index (χ1n) is 4.62. The van der Waals surface area contributed by atoms with Crippen LogP contribution in [0, 0.1) is 6.92 Å². The molecule has 0 unspecified atom stereocenters. The third-order valence-corrected chi connectivity index (χ3v) is 1.31. The van der Waals surface area contributed by atoms with Gasteiger partial charge in [-0.25, -0.2) is 0 Å². The van der Waals surface area contributed by atoms with Crippen LogP contribution in [0.4, 0.5) is 0 Å². The predicted molar refractivity (Wildman–Crippen MR) is 55.8 cm³/mol. The summed E-state index contributed by atoms with van der Waals surface area (Å²) in [6, 6.07) is 0. The molecule has 0 bridgehead atoms. The maximum atomic E-state index is 3.60. The van der Waals surface area contributed by atoms with E-state index in [0.29, 0.717) is 0 Å². The summed E-state index contributed by atoms with van der Waals surface area (Å²) in [7, 11) is 0. The second-order valence-electron chi connectivity index (χ2n) is 2.56. The van der Waals surface area contributed by atoms with Gasteiger partial charge in [0.2, 0.25) is 0 Å². The van der Waals surface area contributed by atoms with Gasteiger partial charge in [0.05, 0.1) is 0 Å². The fourth-order valence-electron chi connectivity index (χ4n) is 0.500. The summed E-state index contributed by atoms with van der Waals surface area (Å²) in [5.41, 5.74) is 0. The van der Waals surface area contributed by atoms with Crippen molar-refractivity contribution in [3.05, 3.63) is 6.92 Å². The van der Waals surface area contributed by atoms with Gasteiger partial charge in [-0.1, -0.05) is 66.2 Å². The Labute approximate surface area is 85.3 Å². The van der Waals surface area contributed by atoms with Crippen LogP contribution in [0.2, 0.25) is 0 Å². The van der Waals surface area contributed by atoms with E-state index in [4.69, 9.17) is 0 Å². The number of rotatable bonds is 4. The third-order valence-electron chi connectivity index (χ3n) is 1.31. The molecular weight excluding hydrogens is 127 g/mol. The van der Waals surface area contributed by atoms with E-state index in [1.165, 1.54) is 32.1 Å². The van der Waals surface area contributed by atoms with E-state index in [0.717, 1.165) is 6.42 Å². The molecule has 0 heterocycles. The van der Waals surface area contributed by atoms with E-state index in [9.17, 15) is 0 Å². The van der Waals surface area contributed by atoms with Gasteiger partial charge in [0, 0.05) is 18.9 Å². The minimum atomic E-state index is 0. The zero-order chi connectivity index (χ0) is 8.24. The average Bonchev–Trinajstić information content (AvgIpc) is 2.01. The Morgan fingerprint density at radius 3 is 1.18 bits per heavy atom. The summed E-state index contributed by atoms with van der Waals surface area (Å²) in [5, 5.41) is 0. The van der Waals surface area contributed by atoms with Crippen LogP contribution in [0.3, 0.4) is 0 Å². The SMILES string of the molecule is CCCCCC.[CH2]CCC.[Li]. The first kappa shape index (κ1) is 17.6. The summed E-state index contributed by atoms with van der Waals surface area (Å²) in [6.07, 6.45) is 7.81. The quantitative estimate of drug-likeness (QED) is 0.422. The van der Waals surface area contributed by atoms with Crippen LogP contribution < -0.4 is 0 Å². The van der Waals surface area contributed by atoms with Crippen molar-refractivity contribution in [1.82, 2.24) is 0 Å². The van der Waals surface area contributed by atoms with E-state index in [1.54, 1.807) is 0 Å². The topological polar surface area (TPSA) is 0 Å². The number of hydrogen-bond donors (Lipinski definition) is 0. The van der Waals surface area contributed by atoms with Crippen LogP contribution in [-0.2, 0) is 0 Å². The van der Waals surface area contributed by atoms with Crippen LogP contribution in [-0.4, -0.2) is 18.9 Å². The van der Waals surface area contributed by atoms with Gasteiger partial charge in [0.25, 0.3) is 0 Å². The van der Waals surface area contributed by atoms with Gasteiger partial charge in [-0.3, -0.25) is 0 Å². The van der Waals surface area contributed by atoms with Crippen LogP contribution in [0.1, 0.15) is 59.3 Å². The standard InChI is InChI=1S/C6H14.C4H9.Li/c1-3-5-6-4-2;1-3-4-2;/h3-6H2,1-2H3;1,3-4H2,2H3;. The molecule has 0 spiro atoms. The molecule has 0 amide bonds. The average molecular weight is 150 g/mol. The van der Waals surface area contributed by atoms with Crippen LogP contribution >= 0.6 is 0 Å². The molecule has 0 aromatic rings.